The fourth-order valence-corrected chi connectivity index (χ4v) is 1.95. The molecule has 122 valence electrons. The molecule has 1 aromatic heterocycles. The van der Waals surface area contributed by atoms with E-state index in [0.717, 1.165) is 17.8 Å². The highest BCUT2D eigenvalue weighted by Gasteiger charge is 2.08. The number of rotatable bonds is 7. The third-order valence-corrected chi connectivity index (χ3v) is 3.43. The molecule has 23 heavy (non-hydrogen) atoms. The van der Waals surface area contributed by atoms with Crippen molar-refractivity contribution < 1.29 is 9.53 Å². The molecule has 6 heteroatoms. The summed E-state index contributed by atoms with van der Waals surface area (Å²) in [5, 5.41) is 6.13. The second-order valence-electron chi connectivity index (χ2n) is 5.31. The summed E-state index contributed by atoms with van der Waals surface area (Å²) in [6, 6.07) is 9.27. The molecular formula is C17H22N4O2. The summed E-state index contributed by atoms with van der Waals surface area (Å²) in [5.41, 5.74) is 2.29. The predicted octanol–water partition coefficient (Wildman–Crippen LogP) is 2.89. The molecule has 0 saturated heterocycles. The molecule has 0 aliphatic heterocycles. The number of nitrogens with zero attached hydrogens (tertiary/aromatic N) is 2. The Morgan fingerprint density at radius 3 is 2.65 bits per heavy atom. The van der Waals surface area contributed by atoms with E-state index < -0.39 is 0 Å². The normalized spacial score (nSPS) is 11.8. The minimum absolute atomic E-state index is 0.0599. The minimum atomic E-state index is -0.0599. The maximum Gasteiger partial charge on any atom is 0.251 e. The van der Waals surface area contributed by atoms with Crippen LogP contribution in [-0.2, 0) is 11.3 Å². The number of ether oxygens (including phenoxy) is 1. The zero-order valence-corrected chi connectivity index (χ0v) is 13.7. The van der Waals surface area contributed by atoms with Crippen LogP contribution in [-0.4, -0.2) is 29.0 Å². The average Bonchev–Trinajstić information content (AvgIpc) is 2.56. The van der Waals surface area contributed by atoms with E-state index in [1.54, 1.807) is 19.2 Å². The van der Waals surface area contributed by atoms with E-state index in [4.69, 9.17) is 4.74 Å². The van der Waals surface area contributed by atoms with Gasteiger partial charge in [0.25, 0.3) is 5.91 Å². The first-order valence-electron chi connectivity index (χ1n) is 7.60. The molecule has 2 rings (SSSR count). The Labute approximate surface area is 136 Å². The monoisotopic (exact) mass is 314 g/mol. The van der Waals surface area contributed by atoms with Crippen LogP contribution in [0.5, 0.6) is 0 Å². The molecule has 0 fully saturated rings. The van der Waals surface area contributed by atoms with Gasteiger partial charge >= 0.3 is 0 Å². The Kier molecular flexibility index (Phi) is 6.05. The highest BCUT2D eigenvalue weighted by Crippen LogP contribution is 2.16. The number of methoxy groups -OCH3 is 1. The molecule has 6 nitrogen and oxygen atoms in total. The Morgan fingerprint density at radius 2 is 2.00 bits per heavy atom. The molecular weight excluding hydrogens is 292 g/mol. The highest BCUT2D eigenvalue weighted by molar-refractivity contribution is 5.94. The van der Waals surface area contributed by atoms with Crippen molar-refractivity contribution in [1.29, 1.82) is 0 Å². The van der Waals surface area contributed by atoms with Gasteiger partial charge in [-0.3, -0.25) is 4.79 Å². The summed E-state index contributed by atoms with van der Waals surface area (Å²) in [6.07, 6.45) is 2.40. The zero-order valence-electron chi connectivity index (χ0n) is 13.7. The largest absolute Gasteiger partial charge is 0.378 e. The van der Waals surface area contributed by atoms with E-state index in [1.165, 1.54) is 6.33 Å². The van der Waals surface area contributed by atoms with E-state index in [-0.39, 0.29) is 11.9 Å². The first kappa shape index (κ1) is 16.9. The summed E-state index contributed by atoms with van der Waals surface area (Å²) >= 11 is 0. The van der Waals surface area contributed by atoms with Gasteiger partial charge in [0, 0.05) is 30.5 Å². The first-order valence-corrected chi connectivity index (χ1v) is 7.60. The van der Waals surface area contributed by atoms with Crippen LogP contribution >= 0.6 is 0 Å². The number of carbonyl (C=O) groups is 1. The van der Waals surface area contributed by atoms with Crippen molar-refractivity contribution in [3.8, 4) is 0 Å². The molecule has 0 aliphatic carbocycles. The lowest BCUT2D eigenvalue weighted by molar-refractivity contribution is 0.0939. The van der Waals surface area contributed by atoms with Crippen LogP contribution in [0.1, 0.15) is 36.3 Å². The molecule has 1 atom stereocenters. The molecule has 0 aliphatic rings. The van der Waals surface area contributed by atoms with Gasteiger partial charge in [-0.25, -0.2) is 9.97 Å². The van der Waals surface area contributed by atoms with Gasteiger partial charge in [0.1, 0.15) is 12.1 Å². The third-order valence-electron chi connectivity index (χ3n) is 3.43. The summed E-state index contributed by atoms with van der Waals surface area (Å²) in [4.78, 5) is 20.3. The van der Waals surface area contributed by atoms with E-state index >= 15 is 0 Å². The van der Waals surface area contributed by atoms with Crippen LogP contribution in [0.4, 0.5) is 11.5 Å². The number of nitrogens with one attached hydrogen (secondary N) is 2. The SMILES string of the molecule is CCC(C)NC(=O)c1ccc(Nc2cc(COC)ncn2)cc1. The number of benzene rings is 1. The zero-order chi connectivity index (χ0) is 16.7. The minimum Gasteiger partial charge on any atom is -0.378 e. The standard InChI is InChI=1S/C17H22N4O2/c1-4-12(2)20-17(22)13-5-7-14(8-6-13)21-16-9-15(10-23-3)18-11-19-16/h5-9,11-12H,4,10H2,1-3H3,(H,20,22)(H,18,19,21). The van der Waals surface area contributed by atoms with Gasteiger partial charge < -0.3 is 15.4 Å². The van der Waals surface area contributed by atoms with Crippen molar-refractivity contribution in [2.24, 2.45) is 0 Å². The van der Waals surface area contributed by atoms with Crippen molar-refractivity contribution >= 4 is 17.4 Å². The van der Waals surface area contributed by atoms with E-state index in [9.17, 15) is 4.79 Å². The van der Waals surface area contributed by atoms with Gasteiger partial charge in [-0.15, -0.1) is 0 Å². The molecule has 1 aromatic carbocycles. The molecule has 1 heterocycles. The third kappa shape index (κ3) is 5.03. The summed E-state index contributed by atoms with van der Waals surface area (Å²) in [5.74, 6) is 0.624. The fraction of sp³-hybridized carbons (Fsp3) is 0.353. The van der Waals surface area contributed by atoms with Gasteiger partial charge in [-0.05, 0) is 37.6 Å². The highest BCUT2D eigenvalue weighted by atomic mass is 16.5. The van der Waals surface area contributed by atoms with Crippen LogP contribution in [0.25, 0.3) is 0 Å². The summed E-state index contributed by atoms with van der Waals surface area (Å²) < 4.78 is 5.05. The molecule has 0 bridgehead atoms. The predicted molar refractivity (Wildman–Crippen MR) is 89.7 cm³/mol. The van der Waals surface area contributed by atoms with Crippen LogP contribution in [0.2, 0.25) is 0 Å². The van der Waals surface area contributed by atoms with Crippen LogP contribution in [0, 0.1) is 0 Å². The van der Waals surface area contributed by atoms with Crippen LogP contribution in [0.15, 0.2) is 36.7 Å². The molecule has 0 saturated carbocycles. The number of carbonyl (C=O) groups excluding carboxylic acids is 1. The molecule has 0 radical (unpaired) electrons. The second-order valence-corrected chi connectivity index (χ2v) is 5.31. The molecule has 1 unspecified atom stereocenters. The molecule has 0 spiro atoms. The fourth-order valence-electron chi connectivity index (χ4n) is 1.95. The molecule has 2 N–H and O–H groups in total. The first-order chi connectivity index (χ1) is 11.1. The van der Waals surface area contributed by atoms with Crippen molar-refractivity contribution in [2.45, 2.75) is 32.9 Å². The lowest BCUT2D eigenvalue weighted by Crippen LogP contribution is -2.31. The lowest BCUT2D eigenvalue weighted by Gasteiger charge is -2.12. The number of aromatic nitrogens is 2. The molecule has 2 aromatic rings. The maximum atomic E-state index is 12.0. The topological polar surface area (TPSA) is 76.1 Å². The quantitative estimate of drug-likeness (QED) is 0.822. The van der Waals surface area contributed by atoms with E-state index in [2.05, 4.69) is 20.6 Å². The van der Waals surface area contributed by atoms with Gasteiger partial charge in [0.2, 0.25) is 0 Å². The van der Waals surface area contributed by atoms with Crippen molar-refractivity contribution in [3.63, 3.8) is 0 Å². The second kappa shape index (κ2) is 8.24. The summed E-state index contributed by atoms with van der Waals surface area (Å²) in [7, 11) is 1.62. The number of hydrogen-bond acceptors (Lipinski definition) is 5. The van der Waals surface area contributed by atoms with Crippen molar-refractivity contribution in [1.82, 2.24) is 15.3 Å². The van der Waals surface area contributed by atoms with Crippen molar-refractivity contribution in [3.05, 3.63) is 47.9 Å². The van der Waals surface area contributed by atoms with E-state index in [1.807, 2.05) is 32.0 Å². The maximum absolute atomic E-state index is 12.0. The van der Waals surface area contributed by atoms with E-state index in [0.29, 0.717) is 18.0 Å². The number of amides is 1. The Hall–Kier alpha value is -2.47. The van der Waals surface area contributed by atoms with Crippen LogP contribution < -0.4 is 10.6 Å². The van der Waals surface area contributed by atoms with Gasteiger partial charge in [-0.2, -0.15) is 0 Å². The number of hydrogen-bond donors (Lipinski definition) is 2. The Balaban J connectivity index is 2.02. The Bertz CT molecular complexity index is 643. The molecule has 1 amide bonds. The van der Waals surface area contributed by atoms with Gasteiger partial charge in [0.05, 0.1) is 12.3 Å². The summed E-state index contributed by atoms with van der Waals surface area (Å²) in [6.45, 7) is 4.46. The average molecular weight is 314 g/mol. The van der Waals surface area contributed by atoms with Crippen molar-refractivity contribution in [2.75, 3.05) is 12.4 Å². The van der Waals surface area contributed by atoms with Crippen LogP contribution in [0.3, 0.4) is 0 Å². The van der Waals surface area contributed by atoms with Gasteiger partial charge in [-0.1, -0.05) is 6.92 Å². The lowest BCUT2D eigenvalue weighted by atomic mass is 10.1. The smallest absolute Gasteiger partial charge is 0.251 e. The van der Waals surface area contributed by atoms with Gasteiger partial charge in [0.15, 0.2) is 0 Å². The Morgan fingerprint density at radius 1 is 1.26 bits per heavy atom. The number of anilines is 2.